The number of ether oxygens (including phenoxy) is 1. The number of aliphatic hydroxyl groups excluding tert-OH is 1. The predicted octanol–water partition coefficient (Wildman–Crippen LogP) is 0.758. The fraction of sp³-hybridized carbons (Fsp3) is 0.455. The molecule has 0 saturated carbocycles. The van der Waals surface area contributed by atoms with Gasteiger partial charge in [-0.25, -0.2) is 0 Å². The molecule has 16 heavy (non-hydrogen) atoms. The van der Waals surface area contributed by atoms with Crippen LogP contribution in [-0.2, 0) is 6.54 Å². The second-order valence-electron chi connectivity index (χ2n) is 3.48. The van der Waals surface area contributed by atoms with Gasteiger partial charge in [-0.2, -0.15) is 0 Å². The fourth-order valence-corrected chi connectivity index (χ4v) is 1.54. The summed E-state index contributed by atoms with van der Waals surface area (Å²) in [6, 6.07) is 5.43. The molecule has 0 amide bonds. The molecule has 1 rings (SSSR count). The van der Waals surface area contributed by atoms with Gasteiger partial charge in [0.25, 0.3) is 0 Å². The molecule has 4 nitrogen and oxygen atoms in total. The van der Waals surface area contributed by atoms with Crippen molar-refractivity contribution >= 4 is 11.6 Å². The minimum absolute atomic E-state index is 0.250. The number of nitrogens with two attached hydrogens (primary N) is 1. The Bertz CT molecular complexity index is 334. The van der Waals surface area contributed by atoms with Gasteiger partial charge in [-0.1, -0.05) is 11.6 Å². The second kappa shape index (κ2) is 6.70. The number of benzene rings is 1. The van der Waals surface area contributed by atoms with E-state index in [0.29, 0.717) is 18.1 Å². The summed E-state index contributed by atoms with van der Waals surface area (Å²) in [7, 11) is 1.61. The van der Waals surface area contributed by atoms with E-state index in [4.69, 9.17) is 22.1 Å². The molecular weight excluding hydrogens is 228 g/mol. The van der Waals surface area contributed by atoms with Crippen molar-refractivity contribution in [2.24, 2.45) is 5.73 Å². The molecule has 0 bridgehead atoms. The van der Waals surface area contributed by atoms with Gasteiger partial charge < -0.3 is 20.9 Å². The van der Waals surface area contributed by atoms with E-state index in [1.165, 1.54) is 0 Å². The molecule has 0 saturated heterocycles. The molecule has 0 radical (unpaired) electrons. The van der Waals surface area contributed by atoms with Crippen LogP contribution in [0.5, 0.6) is 5.75 Å². The first-order chi connectivity index (χ1) is 7.67. The van der Waals surface area contributed by atoms with Gasteiger partial charge in [0.2, 0.25) is 0 Å². The topological polar surface area (TPSA) is 67.5 Å². The van der Waals surface area contributed by atoms with Crippen molar-refractivity contribution in [3.05, 3.63) is 28.8 Å². The van der Waals surface area contributed by atoms with Crippen LogP contribution in [0.3, 0.4) is 0 Å². The average molecular weight is 245 g/mol. The van der Waals surface area contributed by atoms with Gasteiger partial charge in [-0.15, -0.1) is 0 Å². The van der Waals surface area contributed by atoms with E-state index < -0.39 is 6.10 Å². The lowest BCUT2D eigenvalue weighted by Gasteiger charge is -2.12. The van der Waals surface area contributed by atoms with Crippen LogP contribution < -0.4 is 15.8 Å². The highest BCUT2D eigenvalue weighted by Gasteiger charge is 2.05. The zero-order valence-corrected chi connectivity index (χ0v) is 10.00. The van der Waals surface area contributed by atoms with Gasteiger partial charge in [0.15, 0.2) is 0 Å². The normalized spacial score (nSPS) is 12.5. The summed E-state index contributed by atoms with van der Waals surface area (Å²) >= 11 is 5.89. The van der Waals surface area contributed by atoms with Crippen molar-refractivity contribution < 1.29 is 9.84 Å². The number of halogens is 1. The molecule has 5 heteroatoms. The van der Waals surface area contributed by atoms with E-state index in [1.807, 2.05) is 12.1 Å². The van der Waals surface area contributed by atoms with Gasteiger partial charge in [0, 0.05) is 30.2 Å². The molecule has 1 aromatic rings. The number of nitrogens with one attached hydrogen (secondary N) is 1. The van der Waals surface area contributed by atoms with E-state index in [9.17, 15) is 5.11 Å². The second-order valence-corrected chi connectivity index (χ2v) is 3.91. The molecule has 0 aliphatic carbocycles. The maximum Gasteiger partial charge on any atom is 0.123 e. The van der Waals surface area contributed by atoms with Crippen LogP contribution in [0.1, 0.15) is 5.56 Å². The number of methoxy groups -OCH3 is 1. The number of hydrogen-bond donors (Lipinski definition) is 3. The highest BCUT2D eigenvalue weighted by Crippen LogP contribution is 2.22. The lowest BCUT2D eigenvalue weighted by Crippen LogP contribution is -2.32. The van der Waals surface area contributed by atoms with Gasteiger partial charge in [0.05, 0.1) is 13.2 Å². The van der Waals surface area contributed by atoms with E-state index in [1.54, 1.807) is 13.2 Å². The summed E-state index contributed by atoms with van der Waals surface area (Å²) in [6.45, 7) is 1.28. The third kappa shape index (κ3) is 3.98. The van der Waals surface area contributed by atoms with Crippen molar-refractivity contribution in [1.29, 1.82) is 0 Å². The molecule has 1 atom stereocenters. The van der Waals surface area contributed by atoms with Gasteiger partial charge in [0.1, 0.15) is 5.75 Å². The number of hydrogen-bond acceptors (Lipinski definition) is 4. The zero-order chi connectivity index (χ0) is 12.0. The zero-order valence-electron chi connectivity index (χ0n) is 9.24. The van der Waals surface area contributed by atoms with Crippen LogP contribution in [0, 0.1) is 0 Å². The maximum atomic E-state index is 9.27. The van der Waals surface area contributed by atoms with Crippen LogP contribution in [0.4, 0.5) is 0 Å². The van der Waals surface area contributed by atoms with E-state index in [-0.39, 0.29) is 6.54 Å². The summed E-state index contributed by atoms with van der Waals surface area (Å²) in [5, 5.41) is 13.0. The van der Waals surface area contributed by atoms with Crippen molar-refractivity contribution in [2.75, 3.05) is 20.2 Å². The summed E-state index contributed by atoms with van der Waals surface area (Å²) in [4.78, 5) is 0. The first-order valence-electron chi connectivity index (χ1n) is 5.08. The predicted molar refractivity (Wildman–Crippen MR) is 64.8 cm³/mol. The SMILES string of the molecule is COc1ccc(Cl)cc1CNCC(O)CN. The first kappa shape index (κ1) is 13.3. The average Bonchev–Trinajstić information content (AvgIpc) is 2.29. The molecular formula is C11H17ClN2O2. The smallest absolute Gasteiger partial charge is 0.123 e. The molecule has 90 valence electrons. The monoisotopic (exact) mass is 244 g/mol. The third-order valence-corrected chi connectivity index (χ3v) is 2.45. The van der Waals surface area contributed by atoms with E-state index in [2.05, 4.69) is 5.32 Å². The summed E-state index contributed by atoms with van der Waals surface area (Å²) in [6.07, 6.45) is -0.523. The van der Waals surface area contributed by atoms with Gasteiger partial charge >= 0.3 is 0 Å². The summed E-state index contributed by atoms with van der Waals surface area (Å²) < 4.78 is 5.20. The fourth-order valence-electron chi connectivity index (χ4n) is 1.34. The first-order valence-corrected chi connectivity index (χ1v) is 5.46. The quantitative estimate of drug-likeness (QED) is 0.691. The molecule has 4 N–H and O–H groups in total. The van der Waals surface area contributed by atoms with Crippen LogP contribution >= 0.6 is 11.6 Å². The van der Waals surface area contributed by atoms with Crippen molar-refractivity contribution in [2.45, 2.75) is 12.6 Å². The van der Waals surface area contributed by atoms with Crippen LogP contribution in [0.2, 0.25) is 5.02 Å². The van der Waals surface area contributed by atoms with E-state index >= 15 is 0 Å². The lowest BCUT2D eigenvalue weighted by molar-refractivity contribution is 0.179. The Hall–Kier alpha value is -0.810. The minimum Gasteiger partial charge on any atom is -0.496 e. The molecule has 1 unspecified atom stereocenters. The summed E-state index contributed by atoms with van der Waals surface area (Å²) in [5.74, 6) is 0.777. The highest BCUT2D eigenvalue weighted by atomic mass is 35.5. The third-order valence-electron chi connectivity index (χ3n) is 2.21. The number of rotatable bonds is 6. The molecule has 0 aromatic heterocycles. The Morgan fingerprint density at radius 3 is 2.94 bits per heavy atom. The van der Waals surface area contributed by atoms with Crippen molar-refractivity contribution in [1.82, 2.24) is 5.32 Å². The van der Waals surface area contributed by atoms with E-state index in [0.717, 1.165) is 11.3 Å². The Morgan fingerprint density at radius 2 is 2.31 bits per heavy atom. The highest BCUT2D eigenvalue weighted by molar-refractivity contribution is 6.30. The van der Waals surface area contributed by atoms with Gasteiger partial charge in [-0.05, 0) is 18.2 Å². The van der Waals surface area contributed by atoms with Crippen molar-refractivity contribution in [3.8, 4) is 5.75 Å². The standard InChI is InChI=1S/C11H17ClN2O2/c1-16-11-3-2-9(12)4-8(11)6-14-7-10(15)5-13/h2-4,10,14-15H,5-7,13H2,1H3. The Balaban J connectivity index is 2.55. The molecule has 1 aromatic carbocycles. The molecule has 0 aliphatic rings. The van der Waals surface area contributed by atoms with Crippen LogP contribution in [-0.4, -0.2) is 31.4 Å². The minimum atomic E-state index is -0.523. The lowest BCUT2D eigenvalue weighted by atomic mass is 10.2. The van der Waals surface area contributed by atoms with Crippen LogP contribution in [0.15, 0.2) is 18.2 Å². The van der Waals surface area contributed by atoms with Crippen molar-refractivity contribution in [3.63, 3.8) is 0 Å². The number of aliphatic hydroxyl groups is 1. The maximum absolute atomic E-state index is 9.27. The largest absolute Gasteiger partial charge is 0.496 e. The Morgan fingerprint density at radius 1 is 1.56 bits per heavy atom. The molecule has 0 heterocycles. The Labute approximate surface area is 100 Å². The summed E-state index contributed by atoms with van der Waals surface area (Å²) in [5.41, 5.74) is 6.25. The molecule has 0 aliphatic heterocycles. The van der Waals surface area contributed by atoms with Crippen LogP contribution in [0.25, 0.3) is 0 Å². The molecule has 0 fully saturated rings. The van der Waals surface area contributed by atoms with Gasteiger partial charge in [-0.3, -0.25) is 0 Å². The Kier molecular flexibility index (Phi) is 5.55. The molecule has 0 spiro atoms.